The van der Waals surface area contributed by atoms with Crippen LogP contribution >= 0.6 is 11.8 Å². The van der Waals surface area contributed by atoms with Crippen molar-refractivity contribution in [2.75, 3.05) is 0 Å². The maximum atomic E-state index is 13.4. The van der Waals surface area contributed by atoms with Gasteiger partial charge >= 0.3 is 6.18 Å². The van der Waals surface area contributed by atoms with Gasteiger partial charge in [0.1, 0.15) is 12.0 Å². The van der Waals surface area contributed by atoms with E-state index >= 15 is 0 Å². The van der Waals surface area contributed by atoms with Crippen molar-refractivity contribution in [3.63, 3.8) is 0 Å². The number of aryl methyl sites for hydroxylation is 1. The lowest BCUT2D eigenvalue weighted by Crippen LogP contribution is -2.12. The van der Waals surface area contributed by atoms with Gasteiger partial charge in [-0.05, 0) is 18.9 Å². The molecule has 0 atom stereocenters. The van der Waals surface area contributed by atoms with Crippen LogP contribution in [-0.4, -0.2) is 30.0 Å². The van der Waals surface area contributed by atoms with Crippen molar-refractivity contribution in [1.29, 1.82) is 0 Å². The number of rotatable bonds is 3. The Hall–Kier alpha value is -2.03. The Balaban J connectivity index is 1.89. The number of aromatic amines is 1. The molecule has 1 N–H and O–H groups in total. The molecule has 0 aromatic carbocycles. The Morgan fingerprint density at radius 1 is 1.29 bits per heavy atom. The van der Waals surface area contributed by atoms with E-state index in [4.69, 9.17) is 0 Å². The first kappa shape index (κ1) is 15.5. The van der Waals surface area contributed by atoms with E-state index in [0.717, 1.165) is 24.1 Å². The van der Waals surface area contributed by atoms with E-state index in [2.05, 4.69) is 20.1 Å². The lowest BCUT2D eigenvalue weighted by atomic mass is 10.0. The maximum Gasteiger partial charge on any atom is 0.418 e. The average molecular weight is 353 g/mol. The van der Waals surface area contributed by atoms with Gasteiger partial charge in [-0.3, -0.25) is 4.68 Å². The van der Waals surface area contributed by atoms with Gasteiger partial charge in [-0.15, -0.1) is 11.8 Å². The zero-order valence-electron chi connectivity index (χ0n) is 12.8. The minimum Gasteiger partial charge on any atom is -0.334 e. The molecule has 0 aliphatic heterocycles. The van der Waals surface area contributed by atoms with E-state index < -0.39 is 11.7 Å². The summed E-state index contributed by atoms with van der Waals surface area (Å²) in [6.07, 6.45) is 1.19. The number of nitrogens with one attached hydrogen (secondary N) is 1. The van der Waals surface area contributed by atoms with Crippen LogP contribution in [0.3, 0.4) is 0 Å². The SMILES string of the molecule is Cn1cnc(-c2c(C(F)(F)F)cnc3[nH]c(SC4CCC4)cc23)n1. The van der Waals surface area contributed by atoms with Crippen molar-refractivity contribution in [3.8, 4) is 11.4 Å². The molecular weight excluding hydrogens is 339 g/mol. The quantitative estimate of drug-likeness (QED) is 0.773. The summed E-state index contributed by atoms with van der Waals surface area (Å²) < 4.78 is 41.7. The molecule has 1 saturated carbocycles. The van der Waals surface area contributed by atoms with Gasteiger partial charge in [0.05, 0.1) is 10.6 Å². The number of hydrogen-bond donors (Lipinski definition) is 1. The predicted octanol–water partition coefficient (Wildman–Crippen LogP) is 4.02. The molecule has 126 valence electrons. The average Bonchev–Trinajstić information content (AvgIpc) is 3.06. The van der Waals surface area contributed by atoms with Gasteiger partial charge in [0.25, 0.3) is 0 Å². The number of hydrogen-bond acceptors (Lipinski definition) is 4. The van der Waals surface area contributed by atoms with Crippen LogP contribution in [0.5, 0.6) is 0 Å². The highest BCUT2D eigenvalue weighted by Gasteiger charge is 2.36. The van der Waals surface area contributed by atoms with Crippen molar-refractivity contribution in [2.24, 2.45) is 7.05 Å². The van der Waals surface area contributed by atoms with Crippen molar-refractivity contribution in [3.05, 3.63) is 24.2 Å². The zero-order valence-corrected chi connectivity index (χ0v) is 13.6. The number of pyridine rings is 1. The molecule has 0 bridgehead atoms. The van der Waals surface area contributed by atoms with Crippen molar-refractivity contribution >= 4 is 22.8 Å². The number of alkyl halides is 3. The van der Waals surface area contributed by atoms with Crippen LogP contribution in [0, 0.1) is 0 Å². The van der Waals surface area contributed by atoms with Gasteiger partial charge in [-0.1, -0.05) is 6.42 Å². The number of fused-ring (bicyclic) bond motifs is 1. The fourth-order valence-electron chi connectivity index (χ4n) is 2.69. The second-order valence-electron chi connectivity index (χ2n) is 5.85. The maximum absolute atomic E-state index is 13.4. The van der Waals surface area contributed by atoms with E-state index in [9.17, 15) is 13.2 Å². The lowest BCUT2D eigenvalue weighted by Gasteiger charge is -2.23. The standard InChI is InChI=1S/C15H14F3N5S/c1-23-7-20-14(22-23)12-9-5-11(24-8-3-2-4-8)21-13(9)19-6-10(12)15(16,17)18/h5-8H,2-4H2,1H3,(H,19,21). The molecule has 24 heavy (non-hydrogen) atoms. The molecule has 1 aliphatic carbocycles. The highest BCUT2D eigenvalue weighted by Crippen LogP contribution is 2.42. The first-order chi connectivity index (χ1) is 11.4. The number of halogens is 3. The van der Waals surface area contributed by atoms with Crippen LogP contribution in [0.4, 0.5) is 13.2 Å². The number of H-pyrrole nitrogens is 1. The number of aromatic nitrogens is 5. The highest BCUT2D eigenvalue weighted by molar-refractivity contribution is 7.99. The molecule has 4 rings (SSSR count). The van der Waals surface area contributed by atoms with Crippen LogP contribution in [0.2, 0.25) is 0 Å². The van der Waals surface area contributed by atoms with E-state index in [1.165, 1.54) is 17.4 Å². The molecule has 0 radical (unpaired) electrons. The highest BCUT2D eigenvalue weighted by atomic mass is 32.2. The molecule has 9 heteroatoms. The van der Waals surface area contributed by atoms with Crippen molar-refractivity contribution in [2.45, 2.75) is 35.7 Å². The largest absolute Gasteiger partial charge is 0.418 e. The van der Waals surface area contributed by atoms with Gasteiger partial charge in [0, 0.05) is 29.4 Å². The summed E-state index contributed by atoms with van der Waals surface area (Å²) in [5, 5.41) is 5.82. The van der Waals surface area contributed by atoms with Crippen molar-refractivity contribution < 1.29 is 13.2 Å². The Morgan fingerprint density at radius 2 is 2.08 bits per heavy atom. The Bertz CT molecular complexity index is 894. The summed E-state index contributed by atoms with van der Waals surface area (Å²) in [5.41, 5.74) is -0.419. The molecule has 0 saturated heterocycles. The van der Waals surface area contributed by atoms with Gasteiger partial charge in [0.15, 0.2) is 5.82 Å². The summed E-state index contributed by atoms with van der Waals surface area (Å²) >= 11 is 1.66. The summed E-state index contributed by atoms with van der Waals surface area (Å²) in [6.45, 7) is 0. The monoisotopic (exact) mass is 353 g/mol. The first-order valence-electron chi connectivity index (χ1n) is 7.53. The molecular formula is C15H14F3N5S. The fourth-order valence-corrected chi connectivity index (χ4v) is 3.96. The minimum atomic E-state index is -4.52. The third kappa shape index (κ3) is 2.66. The Morgan fingerprint density at radius 3 is 2.67 bits per heavy atom. The smallest absolute Gasteiger partial charge is 0.334 e. The zero-order chi connectivity index (χ0) is 16.9. The molecule has 1 fully saturated rings. The van der Waals surface area contributed by atoms with Crippen LogP contribution in [-0.2, 0) is 13.2 Å². The molecule has 5 nitrogen and oxygen atoms in total. The molecule has 3 heterocycles. The summed E-state index contributed by atoms with van der Waals surface area (Å²) in [5.74, 6) is 0.0522. The van der Waals surface area contributed by atoms with Crippen LogP contribution in [0.25, 0.3) is 22.4 Å². The minimum absolute atomic E-state index is 0.0233. The van der Waals surface area contributed by atoms with Gasteiger partial charge in [-0.2, -0.15) is 18.3 Å². The first-order valence-corrected chi connectivity index (χ1v) is 8.41. The molecule has 0 spiro atoms. The third-order valence-electron chi connectivity index (χ3n) is 4.11. The fraction of sp³-hybridized carbons (Fsp3) is 0.400. The van der Waals surface area contributed by atoms with Crippen LogP contribution in [0.15, 0.2) is 23.6 Å². The molecule has 3 aromatic heterocycles. The summed E-state index contributed by atoms with van der Waals surface area (Å²) in [6, 6.07) is 1.73. The summed E-state index contributed by atoms with van der Waals surface area (Å²) in [7, 11) is 1.62. The number of thioether (sulfide) groups is 1. The lowest BCUT2D eigenvalue weighted by molar-refractivity contribution is -0.137. The Labute approximate surface area is 139 Å². The second-order valence-corrected chi connectivity index (χ2v) is 7.20. The van der Waals surface area contributed by atoms with E-state index in [1.54, 1.807) is 24.9 Å². The molecule has 3 aromatic rings. The summed E-state index contributed by atoms with van der Waals surface area (Å²) in [4.78, 5) is 11.1. The van der Waals surface area contributed by atoms with E-state index in [-0.39, 0.29) is 11.4 Å². The van der Waals surface area contributed by atoms with Gasteiger partial charge < -0.3 is 4.98 Å². The number of nitrogens with zero attached hydrogens (tertiary/aromatic N) is 4. The van der Waals surface area contributed by atoms with Gasteiger partial charge in [0.2, 0.25) is 0 Å². The topological polar surface area (TPSA) is 59.4 Å². The predicted molar refractivity (Wildman–Crippen MR) is 84.6 cm³/mol. The van der Waals surface area contributed by atoms with E-state index in [0.29, 0.717) is 16.3 Å². The molecule has 0 unspecified atom stereocenters. The van der Waals surface area contributed by atoms with Gasteiger partial charge in [-0.25, -0.2) is 9.97 Å². The van der Waals surface area contributed by atoms with Crippen molar-refractivity contribution in [1.82, 2.24) is 24.7 Å². The molecule has 1 aliphatic rings. The molecule has 0 amide bonds. The van der Waals surface area contributed by atoms with Crippen LogP contribution < -0.4 is 0 Å². The Kier molecular flexibility index (Phi) is 3.56. The van der Waals surface area contributed by atoms with Crippen LogP contribution in [0.1, 0.15) is 24.8 Å². The third-order valence-corrected chi connectivity index (χ3v) is 5.39. The second kappa shape index (κ2) is 5.51. The van der Waals surface area contributed by atoms with E-state index in [1.807, 2.05) is 0 Å². The normalized spacial score (nSPS) is 15.8.